The summed E-state index contributed by atoms with van der Waals surface area (Å²) in [5.41, 5.74) is 3.84. The van der Waals surface area contributed by atoms with E-state index in [2.05, 4.69) is 22.4 Å². The zero-order valence-electron chi connectivity index (χ0n) is 10.2. The second-order valence-electron chi connectivity index (χ2n) is 4.59. The molecule has 0 radical (unpaired) electrons. The predicted octanol–water partition coefficient (Wildman–Crippen LogP) is 3.71. The lowest BCUT2D eigenvalue weighted by atomic mass is 10.1. The highest BCUT2D eigenvalue weighted by Crippen LogP contribution is 2.32. The molecular weight excluding hydrogens is 258 g/mol. The van der Waals surface area contributed by atoms with Crippen LogP contribution in [0, 0.1) is 11.3 Å². The first-order valence-corrected chi connectivity index (χ1v) is 6.55. The van der Waals surface area contributed by atoms with Gasteiger partial charge in [-0.1, -0.05) is 17.7 Å². The van der Waals surface area contributed by atoms with Crippen LogP contribution in [0.4, 0.5) is 5.69 Å². The Morgan fingerprint density at radius 2 is 2.26 bits per heavy atom. The van der Waals surface area contributed by atoms with Gasteiger partial charge >= 0.3 is 0 Å². The molecule has 4 heteroatoms. The van der Waals surface area contributed by atoms with Crippen LogP contribution in [0.2, 0.25) is 5.02 Å². The van der Waals surface area contributed by atoms with Gasteiger partial charge in [0.05, 0.1) is 22.3 Å². The Kier molecular flexibility index (Phi) is 3.10. The smallest absolute Gasteiger partial charge is 0.101 e. The van der Waals surface area contributed by atoms with Crippen LogP contribution in [0.3, 0.4) is 0 Å². The molecule has 1 unspecified atom stereocenters. The van der Waals surface area contributed by atoms with Gasteiger partial charge in [0.15, 0.2) is 0 Å². The van der Waals surface area contributed by atoms with Crippen molar-refractivity contribution in [2.45, 2.75) is 18.9 Å². The fourth-order valence-electron chi connectivity index (χ4n) is 2.45. The van der Waals surface area contributed by atoms with Crippen molar-refractivity contribution in [1.29, 1.82) is 5.26 Å². The number of nitrogens with zero attached hydrogens (tertiary/aromatic N) is 2. The summed E-state index contributed by atoms with van der Waals surface area (Å²) in [6, 6.07) is 11.8. The number of benzene rings is 1. The molecule has 3 nitrogen and oxygen atoms in total. The highest BCUT2D eigenvalue weighted by Gasteiger charge is 2.23. The van der Waals surface area contributed by atoms with Gasteiger partial charge in [-0.2, -0.15) is 5.26 Å². The molecule has 1 aromatic carbocycles. The first kappa shape index (κ1) is 12.0. The first-order valence-electron chi connectivity index (χ1n) is 6.18. The topological polar surface area (TPSA) is 48.7 Å². The Morgan fingerprint density at radius 1 is 1.37 bits per heavy atom. The number of aryl methyl sites for hydroxylation is 1. The van der Waals surface area contributed by atoms with Crippen molar-refractivity contribution in [2.75, 3.05) is 5.32 Å². The lowest BCUT2D eigenvalue weighted by Gasteiger charge is -2.15. The Morgan fingerprint density at radius 3 is 3.05 bits per heavy atom. The Bertz CT molecular complexity index is 661. The van der Waals surface area contributed by atoms with Crippen molar-refractivity contribution in [3.05, 3.63) is 58.4 Å². The molecule has 0 fully saturated rings. The molecule has 0 bridgehead atoms. The zero-order valence-corrected chi connectivity index (χ0v) is 11.0. The number of aromatic nitrogens is 1. The average molecular weight is 270 g/mol. The monoisotopic (exact) mass is 269 g/mol. The lowest BCUT2D eigenvalue weighted by molar-refractivity contribution is 0.746. The van der Waals surface area contributed by atoms with E-state index in [9.17, 15) is 0 Å². The summed E-state index contributed by atoms with van der Waals surface area (Å²) in [7, 11) is 0. The van der Waals surface area contributed by atoms with Gasteiger partial charge in [-0.05, 0) is 42.7 Å². The van der Waals surface area contributed by atoms with Crippen LogP contribution in [-0.2, 0) is 6.42 Å². The minimum absolute atomic E-state index is 0.222. The first-order chi connectivity index (χ1) is 9.28. The molecule has 1 aromatic heterocycles. The van der Waals surface area contributed by atoms with Gasteiger partial charge in [-0.25, -0.2) is 0 Å². The van der Waals surface area contributed by atoms with E-state index in [1.165, 1.54) is 5.56 Å². The van der Waals surface area contributed by atoms with Gasteiger partial charge in [-0.3, -0.25) is 4.98 Å². The molecule has 1 aliphatic carbocycles. The van der Waals surface area contributed by atoms with Crippen molar-refractivity contribution in [1.82, 2.24) is 4.98 Å². The van der Waals surface area contributed by atoms with Crippen LogP contribution >= 0.6 is 11.6 Å². The fraction of sp³-hybridized carbons (Fsp3) is 0.200. The van der Waals surface area contributed by atoms with E-state index >= 15 is 0 Å². The molecule has 0 aliphatic heterocycles. The molecule has 1 N–H and O–H groups in total. The molecule has 94 valence electrons. The van der Waals surface area contributed by atoms with Gasteiger partial charge in [0, 0.05) is 11.9 Å². The number of nitriles is 1. The summed E-state index contributed by atoms with van der Waals surface area (Å²) < 4.78 is 0. The molecule has 0 spiro atoms. The molecule has 2 aromatic rings. The van der Waals surface area contributed by atoms with Gasteiger partial charge in [-0.15, -0.1) is 0 Å². The molecule has 1 aliphatic rings. The second-order valence-corrected chi connectivity index (χ2v) is 5.00. The van der Waals surface area contributed by atoms with E-state index in [4.69, 9.17) is 16.9 Å². The predicted molar refractivity (Wildman–Crippen MR) is 75.1 cm³/mol. The van der Waals surface area contributed by atoms with Crippen LogP contribution < -0.4 is 5.32 Å². The summed E-state index contributed by atoms with van der Waals surface area (Å²) in [6.07, 6.45) is 3.90. The number of hydrogen-bond acceptors (Lipinski definition) is 3. The van der Waals surface area contributed by atoms with Gasteiger partial charge in [0.1, 0.15) is 6.07 Å². The highest BCUT2D eigenvalue weighted by atomic mass is 35.5. The quantitative estimate of drug-likeness (QED) is 0.904. The molecule has 0 saturated heterocycles. The van der Waals surface area contributed by atoms with Crippen LogP contribution in [0.25, 0.3) is 0 Å². The van der Waals surface area contributed by atoms with Crippen molar-refractivity contribution in [3.63, 3.8) is 0 Å². The summed E-state index contributed by atoms with van der Waals surface area (Å²) in [6.45, 7) is 0. The maximum atomic E-state index is 8.86. The number of fused-ring (bicyclic) bond motifs is 1. The molecular formula is C15H12ClN3. The minimum Gasteiger partial charge on any atom is -0.377 e. The van der Waals surface area contributed by atoms with Gasteiger partial charge < -0.3 is 5.32 Å². The summed E-state index contributed by atoms with van der Waals surface area (Å²) in [5.74, 6) is 0. The third-order valence-electron chi connectivity index (χ3n) is 3.39. The number of halogens is 1. The van der Waals surface area contributed by atoms with E-state index in [1.54, 1.807) is 12.1 Å². The summed E-state index contributed by atoms with van der Waals surface area (Å²) in [4.78, 5) is 4.45. The van der Waals surface area contributed by atoms with Crippen LogP contribution in [-0.4, -0.2) is 4.98 Å². The summed E-state index contributed by atoms with van der Waals surface area (Å²) >= 11 is 6.04. The van der Waals surface area contributed by atoms with Crippen molar-refractivity contribution >= 4 is 17.3 Å². The summed E-state index contributed by atoms with van der Waals surface area (Å²) in [5, 5.41) is 12.8. The van der Waals surface area contributed by atoms with Gasteiger partial charge in [0.2, 0.25) is 0 Å². The molecule has 1 heterocycles. The second kappa shape index (κ2) is 4.91. The maximum absolute atomic E-state index is 8.86. The van der Waals surface area contributed by atoms with E-state index < -0.39 is 0 Å². The molecule has 3 rings (SSSR count). The van der Waals surface area contributed by atoms with E-state index in [1.807, 2.05) is 18.3 Å². The fourth-order valence-corrected chi connectivity index (χ4v) is 2.67. The SMILES string of the molecule is N#Cc1ccc(NC2CCc3cccnc32)cc1Cl. The zero-order chi connectivity index (χ0) is 13.2. The van der Waals surface area contributed by atoms with E-state index in [0.717, 1.165) is 24.2 Å². The molecule has 0 saturated carbocycles. The lowest BCUT2D eigenvalue weighted by Crippen LogP contribution is -2.08. The van der Waals surface area contributed by atoms with Crippen LogP contribution in [0.1, 0.15) is 29.3 Å². The average Bonchev–Trinajstić information content (AvgIpc) is 2.83. The Balaban J connectivity index is 1.84. The van der Waals surface area contributed by atoms with Crippen molar-refractivity contribution in [2.24, 2.45) is 0 Å². The number of rotatable bonds is 2. The third kappa shape index (κ3) is 2.27. The minimum atomic E-state index is 0.222. The van der Waals surface area contributed by atoms with Crippen molar-refractivity contribution in [3.8, 4) is 6.07 Å². The van der Waals surface area contributed by atoms with Crippen LogP contribution in [0.15, 0.2) is 36.5 Å². The third-order valence-corrected chi connectivity index (χ3v) is 3.70. The normalized spacial score (nSPS) is 16.7. The molecule has 0 amide bonds. The number of pyridine rings is 1. The number of nitrogens with one attached hydrogen (secondary N) is 1. The van der Waals surface area contributed by atoms with Crippen molar-refractivity contribution < 1.29 is 0 Å². The Labute approximate surface area is 116 Å². The number of hydrogen-bond donors (Lipinski definition) is 1. The van der Waals surface area contributed by atoms with E-state index in [-0.39, 0.29) is 6.04 Å². The Hall–Kier alpha value is -2.05. The van der Waals surface area contributed by atoms with Gasteiger partial charge in [0.25, 0.3) is 0 Å². The largest absolute Gasteiger partial charge is 0.377 e. The molecule has 1 atom stereocenters. The van der Waals surface area contributed by atoms with E-state index in [0.29, 0.717) is 10.6 Å². The van der Waals surface area contributed by atoms with Crippen LogP contribution in [0.5, 0.6) is 0 Å². The maximum Gasteiger partial charge on any atom is 0.101 e. The molecule has 19 heavy (non-hydrogen) atoms. The number of anilines is 1. The standard InChI is InChI=1S/C15H12ClN3/c16-13-8-12(5-3-11(13)9-17)19-14-6-4-10-2-1-7-18-15(10)14/h1-3,5,7-8,14,19H,4,6H2. The highest BCUT2D eigenvalue weighted by molar-refractivity contribution is 6.32.